The Balaban J connectivity index is 1.61. The van der Waals surface area contributed by atoms with E-state index in [0.717, 1.165) is 45.0 Å². The largest absolute Gasteiger partial charge is 0.369 e. The van der Waals surface area contributed by atoms with Crippen LogP contribution in [0.2, 0.25) is 0 Å². The summed E-state index contributed by atoms with van der Waals surface area (Å²) in [6, 6.07) is 10.5. The quantitative estimate of drug-likeness (QED) is 0.911. The second kappa shape index (κ2) is 7.06. The van der Waals surface area contributed by atoms with Gasteiger partial charge in [0, 0.05) is 38.4 Å². The minimum atomic E-state index is 0.716. The van der Waals surface area contributed by atoms with Crippen LogP contribution < -0.4 is 15.1 Å². The molecule has 0 bridgehead atoms. The minimum absolute atomic E-state index is 0.716. The lowest BCUT2D eigenvalue weighted by Crippen LogP contribution is -2.47. The molecule has 116 valence electrons. The molecule has 0 amide bonds. The second-order valence-electron chi connectivity index (χ2n) is 5.38. The number of piperazine rings is 1. The van der Waals surface area contributed by atoms with Gasteiger partial charge >= 0.3 is 0 Å². The number of anilines is 3. The molecule has 1 aliphatic rings. The van der Waals surface area contributed by atoms with Crippen molar-refractivity contribution in [2.75, 3.05) is 47.8 Å². The van der Waals surface area contributed by atoms with Gasteiger partial charge in [-0.3, -0.25) is 0 Å². The first-order chi connectivity index (χ1) is 10.9. The van der Waals surface area contributed by atoms with Crippen LogP contribution >= 0.6 is 0 Å². The lowest BCUT2D eigenvalue weighted by atomic mass is 10.2. The molecule has 0 saturated carbocycles. The summed E-state index contributed by atoms with van der Waals surface area (Å²) < 4.78 is 0. The molecular formula is C16H22N6. The molecule has 0 unspecified atom stereocenters. The first kappa shape index (κ1) is 14.6. The van der Waals surface area contributed by atoms with Crippen molar-refractivity contribution in [2.24, 2.45) is 0 Å². The normalized spacial score (nSPS) is 15.0. The molecule has 1 aliphatic heterocycles. The Hall–Kier alpha value is -2.37. The molecule has 2 aromatic rings. The van der Waals surface area contributed by atoms with Crippen LogP contribution in [0.15, 0.2) is 36.5 Å². The number of nitrogens with zero attached hydrogens (tertiary/aromatic N) is 5. The van der Waals surface area contributed by atoms with Crippen molar-refractivity contribution in [2.45, 2.75) is 13.3 Å². The van der Waals surface area contributed by atoms with Gasteiger partial charge in [-0.05, 0) is 18.6 Å². The van der Waals surface area contributed by atoms with Gasteiger partial charge < -0.3 is 15.1 Å². The molecule has 1 aromatic heterocycles. The van der Waals surface area contributed by atoms with E-state index in [2.05, 4.69) is 61.5 Å². The lowest BCUT2D eigenvalue weighted by molar-refractivity contribution is 0.635. The molecule has 6 heteroatoms. The SMILES string of the molecule is CCCNc1cnnc(N2CCN(c3ccccc3)CC2)n1. The van der Waals surface area contributed by atoms with Crippen molar-refractivity contribution in [1.29, 1.82) is 0 Å². The van der Waals surface area contributed by atoms with Gasteiger partial charge in [0.15, 0.2) is 5.82 Å². The molecule has 1 fully saturated rings. The van der Waals surface area contributed by atoms with E-state index in [-0.39, 0.29) is 0 Å². The van der Waals surface area contributed by atoms with Crippen molar-refractivity contribution in [3.63, 3.8) is 0 Å². The van der Waals surface area contributed by atoms with Gasteiger partial charge in [0.05, 0.1) is 6.20 Å². The third-order valence-corrected chi connectivity index (χ3v) is 3.79. The zero-order valence-electron chi connectivity index (χ0n) is 12.9. The molecular weight excluding hydrogens is 276 g/mol. The average molecular weight is 298 g/mol. The summed E-state index contributed by atoms with van der Waals surface area (Å²) in [4.78, 5) is 9.14. The molecule has 0 spiro atoms. The van der Waals surface area contributed by atoms with Crippen molar-refractivity contribution in [1.82, 2.24) is 15.2 Å². The fraction of sp³-hybridized carbons (Fsp3) is 0.438. The second-order valence-corrected chi connectivity index (χ2v) is 5.38. The van der Waals surface area contributed by atoms with Gasteiger partial charge in [0.1, 0.15) is 0 Å². The maximum absolute atomic E-state index is 4.55. The van der Waals surface area contributed by atoms with Crippen LogP contribution in [-0.4, -0.2) is 47.9 Å². The van der Waals surface area contributed by atoms with Crippen LogP contribution in [0, 0.1) is 0 Å². The molecule has 0 aliphatic carbocycles. The van der Waals surface area contributed by atoms with Crippen molar-refractivity contribution in [3.05, 3.63) is 36.5 Å². The van der Waals surface area contributed by atoms with Crippen LogP contribution in [0.5, 0.6) is 0 Å². The highest BCUT2D eigenvalue weighted by Gasteiger charge is 2.19. The minimum Gasteiger partial charge on any atom is -0.369 e. The van der Waals surface area contributed by atoms with E-state index in [1.54, 1.807) is 6.20 Å². The van der Waals surface area contributed by atoms with E-state index < -0.39 is 0 Å². The number of rotatable bonds is 5. The third kappa shape index (κ3) is 3.44. The first-order valence-corrected chi connectivity index (χ1v) is 7.85. The van der Waals surface area contributed by atoms with Gasteiger partial charge in [-0.1, -0.05) is 25.1 Å². The topological polar surface area (TPSA) is 57.2 Å². The zero-order valence-corrected chi connectivity index (χ0v) is 12.9. The number of hydrogen-bond acceptors (Lipinski definition) is 6. The number of aromatic nitrogens is 3. The summed E-state index contributed by atoms with van der Waals surface area (Å²) in [6.45, 7) is 6.80. The molecule has 0 radical (unpaired) electrons. The van der Waals surface area contributed by atoms with E-state index in [9.17, 15) is 0 Å². The van der Waals surface area contributed by atoms with E-state index in [0.29, 0.717) is 5.95 Å². The highest BCUT2D eigenvalue weighted by molar-refractivity contribution is 5.48. The fourth-order valence-electron chi connectivity index (χ4n) is 2.57. The maximum atomic E-state index is 4.55. The van der Waals surface area contributed by atoms with Gasteiger partial charge in [0.2, 0.25) is 5.95 Å². The predicted molar refractivity (Wildman–Crippen MR) is 89.5 cm³/mol. The number of para-hydroxylation sites is 1. The molecule has 1 aromatic carbocycles. The molecule has 1 saturated heterocycles. The molecule has 22 heavy (non-hydrogen) atoms. The highest BCUT2D eigenvalue weighted by Crippen LogP contribution is 2.18. The van der Waals surface area contributed by atoms with Crippen LogP contribution in [0.3, 0.4) is 0 Å². The summed E-state index contributed by atoms with van der Waals surface area (Å²) >= 11 is 0. The molecule has 1 N–H and O–H groups in total. The maximum Gasteiger partial charge on any atom is 0.247 e. The van der Waals surface area contributed by atoms with E-state index in [1.165, 1.54) is 5.69 Å². The van der Waals surface area contributed by atoms with Gasteiger partial charge in [-0.2, -0.15) is 10.1 Å². The lowest BCUT2D eigenvalue weighted by Gasteiger charge is -2.35. The van der Waals surface area contributed by atoms with Crippen LogP contribution in [0.4, 0.5) is 17.5 Å². The van der Waals surface area contributed by atoms with E-state index in [4.69, 9.17) is 0 Å². The first-order valence-electron chi connectivity index (χ1n) is 7.85. The molecule has 0 atom stereocenters. The Labute approximate surface area is 131 Å². The number of benzene rings is 1. The number of hydrogen-bond donors (Lipinski definition) is 1. The molecule has 2 heterocycles. The Morgan fingerprint density at radius 2 is 1.77 bits per heavy atom. The third-order valence-electron chi connectivity index (χ3n) is 3.79. The average Bonchev–Trinajstić information content (AvgIpc) is 2.61. The Morgan fingerprint density at radius 1 is 1.05 bits per heavy atom. The summed E-state index contributed by atoms with van der Waals surface area (Å²) in [5, 5.41) is 11.5. The monoisotopic (exact) mass is 298 g/mol. The number of nitrogens with one attached hydrogen (secondary N) is 1. The van der Waals surface area contributed by atoms with E-state index in [1.807, 2.05) is 6.07 Å². The summed E-state index contributed by atoms with van der Waals surface area (Å²) in [5.41, 5.74) is 1.28. The van der Waals surface area contributed by atoms with Crippen LogP contribution in [-0.2, 0) is 0 Å². The summed E-state index contributed by atoms with van der Waals surface area (Å²) in [7, 11) is 0. The fourth-order valence-corrected chi connectivity index (χ4v) is 2.57. The Kier molecular flexibility index (Phi) is 4.68. The standard InChI is InChI=1S/C16H22N6/c1-2-8-17-15-13-18-20-16(19-15)22-11-9-21(10-12-22)14-6-4-3-5-7-14/h3-7,13H,2,8-12H2,1H3,(H,17,19,20). The highest BCUT2D eigenvalue weighted by atomic mass is 15.4. The Morgan fingerprint density at radius 3 is 2.50 bits per heavy atom. The summed E-state index contributed by atoms with van der Waals surface area (Å²) in [6.07, 6.45) is 2.74. The molecule has 6 nitrogen and oxygen atoms in total. The Bertz CT molecular complexity index is 580. The molecule has 3 rings (SSSR count). The van der Waals surface area contributed by atoms with Crippen molar-refractivity contribution >= 4 is 17.5 Å². The van der Waals surface area contributed by atoms with Gasteiger partial charge in [-0.25, -0.2) is 0 Å². The zero-order chi connectivity index (χ0) is 15.2. The predicted octanol–water partition coefficient (Wildman–Crippen LogP) is 2.02. The van der Waals surface area contributed by atoms with Crippen molar-refractivity contribution < 1.29 is 0 Å². The van der Waals surface area contributed by atoms with Crippen LogP contribution in [0.25, 0.3) is 0 Å². The van der Waals surface area contributed by atoms with Crippen molar-refractivity contribution in [3.8, 4) is 0 Å². The van der Waals surface area contributed by atoms with E-state index >= 15 is 0 Å². The van der Waals surface area contributed by atoms with Crippen LogP contribution in [0.1, 0.15) is 13.3 Å². The summed E-state index contributed by atoms with van der Waals surface area (Å²) in [5.74, 6) is 1.52. The van der Waals surface area contributed by atoms with Gasteiger partial charge in [0.25, 0.3) is 0 Å². The smallest absolute Gasteiger partial charge is 0.247 e. The van der Waals surface area contributed by atoms with Gasteiger partial charge in [-0.15, -0.1) is 5.10 Å².